The van der Waals surface area contributed by atoms with Gasteiger partial charge in [0.05, 0.1) is 22.6 Å². The normalized spacial score (nSPS) is 6.29. The van der Waals surface area contributed by atoms with Gasteiger partial charge in [-0.3, -0.25) is 0 Å². The fourth-order valence-electron chi connectivity index (χ4n) is 0.167. The van der Waals surface area contributed by atoms with Gasteiger partial charge in [0.2, 0.25) is 0 Å². The molecule has 11 nitrogen and oxygen atoms in total. The van der Waals surface area contributed by atoms with Crippen LogP contribution in [0.5, 0.6) is 0 Å². The monoisotopic (exact) mass is 307 g/mol. The van der Waals surface area contributed by atoms with E-state index in [1.165, 1.54) is 0 Å². The minimum absolute atomic E-state index is 0. The van der Waals surface area contributed by atoms with Gasteiger partial charge in [-0.25, -0.2) is 0 Å². The summed E-state index contributed by atoms with van der Waals surface area (Å²) in [6, 6.07) is 0. The third-order valence-electron chi connectivity index (χ3n) is 0.331. The Hall–Kier alpha value is -1.54. The third kappa shape index (κ3) is 78.1. The molecule has 0 fully saturated rings. The van der Waals surface area contributed by atoms with E-state index < -0.39 is 10.2 Å². The largest absolute Gasteiger partial charge is 2.00 e. The maximum absolute atomic E-state index is 8.25. The topological polar surface area (TPSA) is 174 Å². The number of H-pyrrole nitrogens is 1. The molecule has 0 radical (unpaired) electrons. The predicted octanol–water partition coefficient (Wildman–Crippen LogP) is -0.676. The second kappa shape index (κ2) is 14.0. The van der Waals surface area contributed by atoms with Crippen molar-refractivity contribution in [1.29, 1.82) is 0 Å². The molecule has 0 aliphatic rings. The standard InChI is InChI=1S/C2H3N3.Cd.2NO3/c1-2-4-5-3-1;;2*2-1(3)4/h1-2H,(H,3,4,5);;;/q;+2;2*-1. The second-order valence-electron chi connectivity index (χ2n) is 1.10. The van der Waals surface area contributed by atoms with Crippen LogP contribution in [0.3, 0.4) is 0 Å². The van der Waals surface area contributed by atoms with Crippen molar-refractivity contribution < 1.29 is 37.5 Å². The number of hydrogen-bond donors (Lipinski definition) is 1. The van der Waals surface area contributed by atoms with E-state index in [9.17, 15) is 0 Å². The van der Waals surface area contributed by atoms with Crippen molar-refractivity contribution in [1.82, 2.24) is 15.4 Å². The van der Waals surface area contributed by atoms with E-state index >= 15 is 0 Å². The summed E-state index contributed by atoms with van der Waals surface area (Å²) in [5.74, 6) is 0. The molecule has 0 saturated carbocycles. The van der Waals surface area contributed by atoms with Gasteiger partial charge in [-0.05, 0) is 0 Å². The van der Waals surface area contributed by atoms with E-state index in [0.717, 1.165) is 0 Å². The Morgan fingerprint density at radius 3 is 1.21 bits per heavy atom. The van der Waals surface area contributed by atoms with Crippen LogP contribution in [0.4, 0.5) is 0 Å². The van der Waals surface area contributed by atoms with Gasteiger partial charge < -0.3 is 30.6 Å². The molecular formula is C2H3CdN5O6. The first-order chi connectivity index (χ1) is 5.96. The average Bonchev–Trinajstić information content (AvgIpc) is 2.35. The van der Waals surface area contributed by atoms with Crippen molar-refractivity contribution in [2.45, 2.75) is 0 Å². The second-order valence-corrected chi connectivity index (χ2v) is 1.10. The van der Waals surface area contributed by atoms with E-state index in [1.54, 1.807) is 12.4 Å². The van der Waals surface area contributed by atoms with Crippen LogP contribution in [-0.4, -0.2) is 25.6 Å². The molecule has 0 aliphatic carbocycles. The van der Waals surface area contributed by atoms with Crippen LogP contribution in [0.15, 0.2) is 12.4 Å². The Morgan fingerprint density at radius 2 is 1.14 bits per heavy atom. The van der Waals surface area contributed by atoms with Crippen LogP contribution in [0.25, 0.3) is 0 Å². The minimum Gasteiger partial charge on any atom is -0.356 e. The van der Waals surface area contributed by atoms with Crippen LogP contribution < -0.4 is 0 Å². The Morgan fingerprint density at radius 1 is 0.929 bits per heavy atom. The fraction of sp³-hybridized carbons (Fsp3) is 0. The molecule has 1 aromatic heterocycles. The molecule has 0 atom stereocenters. The molecule has 12 heteroatoms. The van der Waals surface area contributed by atoms with Crippen molar-refractivity contribution in [2.24, 2.45) is 0 Å². The number of hydrogen-bond acceptors (Lipinski definition) is 8. The van der Waals surface area contributed by atoms with Gasteiger partial charge in [-0.15, -0.1) is 0 Å². The summed E-state index contributed by atoms with van der Waals surface area (Å²) in [6.07, 6.45) is 3.17. The molecule has 0 aliphatic heterocycles. The van der Waals surface area contributed by atoms with Crippen LogP contribution in [0, 0.1) is 30.6 Å². The fourth-order valence-corrected chi connectivity index (χ4v) is 0.167. The van der Waals surface area contributed by atoms with Gasteiger partial charge in [0.1, 0.15) is 0 Å². The summed E-state index contributed by atoms with van der Waals surface area (Å²) in [4.78, 5) is 16.5. The van der Waals surface area contributed by atoms with Crippen molar-refractivity contribution in [3.05, 3.63) is 43.0 Å². The molecule has 0 bridgehead atoms. The van der Waals surface area contributed by atoms with E-state index in [0.29, 0.717) is 0 Å². The first-order valence-corrected chi connectivity index (χ1v) is 2.39. The van der Waals surface area contributed by atoms with Crippen molar-refractivity contribution >= 4 is 0 Å². The predicted molar refractivity (Wildman–Crippen MR) is 37.1 cm³/mol. The van der Waals surface area contributed by atoms with E-state index in [4.69, 9.17) is 30.6 Å². The van der Waals surface area contributed by atoms with E-state index in [-0.39, 0.29) is 27.3 Å². The number of nitrogens with zero attached hydrogens (tertiary/aromatic N) is 4. The molecule has 0 aromatic carbocycles. The smallest absolute Gasteiger partial charge is 0.356 e. The first kappa shape index (κ1) is 18.3. The molecular weight excluding hydrogens is 302 g/mol. The summed E-state index contributed by atoms with van der Waals surface area (Å²) in [5, 5.41) is 38.8. The molecule has 1 N–H and O–H groups in total. The summed E-state index contributed by atoms with van der Waals surface area (Å²) in [6.45, 7) is 0. The number of rotatable bonds is 0. The number of aromatic amines is 1. The summed E-state index contributed by atoms with van der Waals surface area (Å²) >= 11 is 0. The Labute approximate surface area is 96.1 Å². The molecule has 74 valence electrons. The van der Waals surface area contributed by atoms with Gasteiger partial charge in [0.25, 0.3) is 0 Å². The SMILES string of the molecule is O=[N+]([O-])[O-].O=[N+]([O-])[O-].[Cd+2].c1cn[nH]n1. The molecule has 0 saturated heterocycles. The van der Waals surface area contributed by atoms with Crippen LogP contribution in [0.1, 0.15) is 0 Å². The van der Waals surface area contributed by atoms with Crippen LogP contribution in [-0.2, 0) is 27.3 Å². The minimum atomic E-state index is -1.75. The number of nitrogens with one attached hydrogen (secondary N) is 1. The zero-order chi connectivity index (χ0) is 10.7. The zero-order valence-electron chi connectivity index (χ0n) is 6.60. The maximum Gasteiger partial charge on any atom is 2.00 e. The molecule has 14 heavy (non-hydrogen) atoms. The summed E-state index contributed by atoms with van der Waals surface area (Å²) < 4.78 is 0. The average molecular weight is 305 g/mol. The Balaban J connectivity index is -0.000000127. The van der Waals surface area contributed by atoms with Gasteiger partial charge in [0.15, 0.2) is 0 Å². The molecule has 1 aromatic rings. The van der Waals surface area contributed by atoms with Gasteiger partial charge in [0, 0.05) is 0 Å². The molecule has 0 amide bonds. The van der Waals surface area contributed by atoms with Crippen molar-refractivity contribution in [3.8, 4) is 0 Å². The molecule has 1 rings (SSSR count). The summed E-state index contributed by atoms with van der Waals surface area (Å²) in [7, 11) is 0. The van der Waals surface area contributed by atoms with Crippen LogP contribution >= 0.6 is 0 Å². The van der Waals surface area contributed by atoms with E-state index in [1.807, 2.05) is 0 Å². The summed E-state index contributed by atoms with van der Waals surface area (Å²) in [5.41, 5.74) is 0. The van der Waals surface area contributed by atoms with Gasteiger partial charge in [-0.1, -0.05) is 0 Å². The molecule has 1 heterocycles. The first-order valence-electron chi connectivity index (χ1n) is 2.39. The zero-order valence-corrected chi connectivity index (χ0v) is 10.6. The Bertz CT molecular complexity index is 189. The van der Waals surface area contributed by atoms with Gasteiger partial charge >= 0.3 is 27.3 Å². The molecule has 0 spiro atoms. The molecule has 0 unspecified atom stereocenters. The van der Waals surface area contributed by atoms with Crippen molar-refractivity contribution in [2.75, 3.05) is 0 Å². The Kier molecular flexibility index (Phi) is 18.3. The van der Waals surface area contributed by atoms with Crippen molar-refractivity contribution in [3.63, 3.8) is 0 Å². The van der Waals surface area contributed by atoms with Crippen LogP contribution in [0.2, 0.25) is 0 Å². The van der Waals surface area contributed by atoms with E-state index in [2.05, 4.69) is 15.4 Å². The van der Waals surface area contributed by atoms with Gasteiger partial charge in [-0.2, -0.15) is 15.4 Å². The maximum atomic E-state index is 8.25. The quantitative estimate of drug-likeness (QED) is 0.372. The third-order valence-corrected chi connectivity index (χ3v) is 0.331. The number of aromatic nitrogens is 3.